The van der Waals surface area contributed by atoms with Gasteiger partial charge < -0.3 is 10.6 Å². The molecule has 0 bridgehead atoms. The Kier molecular flexibility index (Phi) is 4.48. The van der Waals surface area contributed by atoms with Crippen LogP contribution >= 0.6 is 11.3 Å². The molecule has 0 aromatic carbocycles. The van der Waals surface area contributed by atoms with E-state index in [9.17, 15) is 4.79 Å². The van der Waals surface area contributed by atoms with Crippen LogP contribution in [0.25, 0.3) is 0 Å². The summed E-state index contributed by atoms with van der Waals surface area (Å²) >= 11 is 1.62. The number of nitrogens with one attached hydrogen (secondary N) is 3. The van der Waals surface area contributed by atoms with Gasteiger partial charge in [-0.3, -0.25) is 9.78 Å². The third kappa shape index (κ3) is 4.21. The molecule has 6 nitrogen and oxygen atoms in total. The topological polar surface area (TPSA) is 82.7 Å². The first-order valence-electron chi connectivity index (χ1n) is 8.27. The van der Waals surface area contributed by atoms with Crippen LogP contribution in [0.15, 0.2) is 22.3 Å². The van der Waals surface area contributed by atoms with Gasteiger partial charge in [-0.25, -0.2) is 0 Å². The van der Waals surface area contributed by atoms with E-state index < -0.39 is 0 Å². The first kappa shape index (κ1) is 17.1. The first-order valence-corrected chi connectivity index (χ1v) is 9.15. The molecule has 0 amide bonds. The summed E-state index contributed by atoms with van der Waals surface area (Å²) in [6.07, 6.45) is 2.43. The van der Waals surface area contributed by atoms with Gasteiger partial charge in [-0.2, -0.15) is 0 Å². The average molecular weight is 347 g/mol. The Hall–Kier alpha value is -1.73. The molecular formula is C17H25N5OS. The van der Waals surface area contributed by atoms with Crippen LogP contribution in [0.3, 0.4) is 0 Å². The lowest BCUT2D eigenvalue weighted by molar-refractivity contribution is 0.170. The van der Waals surface area contributed by atoms with Crippen molar-refractivity contribution in [3.05, 3.63) is 38.4 Å². The highest BCUT2D eigenvalue weighted by molar-refractivity contribution is 7.09. The SMILES string of the molecule is CC1(C)CC(Nc2nnc(Cc3cccs3)c(=O)[nH]2)CC(C)(C)N1. The Bertz CT molecular complexity index is 735. The second-order valence-electron chi connectivity index (χ2n) is 7.85. The van der Waals surface area contributed by atoms with Crippen molar-refractivity contribution in [1.82, 2.24) is 20.5 Å². The molecular weight excluding hydrogens is 322 g/mol. The van der Waals surface area contributed by atoms with E-state index in [1.54, 1.807) is 11.3 Å². The van der Waals surface area contributed by atoms with Crippen LogP contribution in [-0.2, 0) is 6.42 Å². The molecule has 2 aromatic heterocycles. The highest BCUT2D eigenvalue weighted by atomic mass is 32.1. The van der Waals surface area contributed by atoms with Crippen LogP contribution in [0.2, 0.25) is 0 Å². The molecule has 0 radical (unpaired) electrons. The number of H-pyrrole nitrogens is 1. The lowest BCUT2D eigenvalue weighted by atomic mass is 9.80. The minimum Gasteiger partial charge on any atom is -0.352 e. The third-order valence-electron chi connectivity index (χ3n) is 4.22. The average Bonchev–Trinajstić information content (AvgIpc) is 2.91. The highest BCUT2D eigenvalue weighted by Gasteiger charge is 2.37. The molecule has 0 atom stereocenters. The molecule has 24 heavy (non-hydrogen) atoms. The highest BCUT2D eigenvalue weighted by Crippen LogP contribution is 2.29. The Morgan fingerprint density at radius 1 is 1.25 bits per heavy atom. The van der Waals surface area contributed by atoms with Gasteiger partial charge in [-0.15, -0.1) is 21.5 Å². The molecule has 0 unspecified atom stereocenters. The number of aromatic nitrogens is 3. The largest absolute Gasteiger partial charge is 0.352 e. The predicted molar refractivity (Wildman–Crippen MR) is 97.7 cm³/mol. The van der Waals surface area contributed by atoms with Crippen LogP contribution < -0.4 is 16.2 Å². The van der Waals surface area contributed by atoms with Crippen LogP contribution in [0, 0.1) is 0 Å². The molecule has 3 heterocycles. The van der Waals surface area contributed by atoms with Gasteiger partial charge in [0.05, 0.1) is 0 Å². The Morgan fingerprint density at radius 2 is 1.96 bits per heavy atom. The molecule has 1 aliphatic heterocycles. The fourth-order valence-electron chi connectivity index (χ4n) is 3.74. The first-order chi connectivity index (χ1) is 11.2. The van der Waals surface area contributed by atoms with E-state index in [0.29, 0.717) is 18.1 Å². The third-order valence-corrected chi connectivity index (χ3v) is 5.09. The number of rotatable bonds is 4. The monoisotopic (exact) mass is 347 g/mol. The minimum atomic E-state index is -0.173. The van der Waals surface area contributed by atoms with Crippen molar-refractivity contribution in [1.29, 1.82) is 0 Å². The van der Waals surface area contributed by atoms with E-state index in [-0.39, 0.29) is 22.7 Å². The van der Waals surface area contributed by atoms with Crippen LogP contribution in [0.1, 0.15) is 51.1 Å². The van der Waals surface area contributed by atoms with E-state index in [1.165, 1.54) is 0 Å². The molecule has 1 saturated heterocycles. The summed E-state index contributed by atoms with van der Waals surface area (Å²) in [5, 5.41) is 17.3. The van der Waals surface area contributed by atoms with Crippen molar-refractivity contribution in [2.75, 3.05) is 5.32 Å². The predicted octanol–water partition coefficient (Wildman–Crippen LogP) is 2.54. The van der Waals surface area contributed by atoms with Gasteiger partial charge in [0.2, 0.25) is 5.95 Å². The summed E-state index contributed by atoms with van der Waals surface area (Å²) in [6, 6.07) is 4.21. The van der Waals surface area contributed by atoms with Crippen LogP contribution in [0.5, 0.6) is 0 Å². The zero-order valence-corrected chi connectivity index (χ0v) is 15.5. The molecule has 3 N–H and O–H groups in total. The van der Waals surface area contributed by atoms with E-state index in [1.807, 2.05) is 17.5 Å². The fourth-order valence-corrected chi connectivity index (χ4v) is 4.45. The molecule has 3 rings (SSSR count). The fraction of sp³-hybridized carbons (Fsp3) is 0.588. The molecule has 0 spiro atoms. The van der Waals surface area contributed by atoms with Gasteiger partial charge >= 0.3 is 0 Å². The summed E-state index contributed by atoms with van der Waals surface area (Å²) in [4.78, 5) is 16.2. The standard InChI is InChI=1S/C17H25N5OS/c1-16(2)9-11(10-17(3,4)22-16)18-15-19-14(23)13(20-21-15)8-12-6-5-7-24-12/h5-7,11,22H,8-10H2,1-4H3,(H2,18,19,21,23). The van der Waals surface area contributed by atoms with Crippen molar-refractivity contribution in [2.45, 2.75) is 64.1 Å². The smallest absolute Gasteiger partial charge is 0.274 e. The van der Waals surface area contributed by atoms with Crippen molar-refractivity contribution in [2.24, 2.45) is 0 Å². The van der Waals surface area contributed by atoms with Crippen molar-refractivity contribution in [3.63, 3.8) is 0 Å². The van der Waals surface area contributed by atoms with Crippen molar-refractivity contribution >= 4 is 17.3 Å². The van der Waals surface area contributed by atoms with E-state index >= 15 is 0 Å². The number of hydrogen-bond donors (Lipinski definition) is 3. The van der Waals surface area contributed by atoms with Gasteiger partial charge in [0, 0.05) is 28.4 Å². The molecule has 1 aliphatic rings. The maximum Gasteiger partial charge on any atom is 0.274 e. The molecule has 1 fully saturated rings. The number of thiophene rings is 1. The van der Waals surface area contributed by atoms with Gasteiger partial charge in [0.25, 0.3) is 5.56 Å². The molecule has 0 aliphatic carbocycles. The molecule has 7 heteroatoms. The Balaban J connectivity index is 1.72. The lowest BCUT2D eigenvalue weighted by Crippen LogP contribution is -2.60. The second kappa shape index (κ2) is 6.29. The van der Waals surface area contributed by atoms with E-state index in [0.717, 1.165) is 17.7 Å². The van der Waals surface area contributed by atoms with E-state index in [2.05, 4.69) is 53.5 Å². The lowest BCUT2D eigenvalue weighted by Gasteiger charge is -2.46. The van der Waals surface area contributed by atoms with Gasteiger partial charge in [0.1, 0.15) is 5.69 Å². The summed E-state index contributed by atoms with van der Waals surface area (Å²) in [5.41, 5.74) is 0.348. The van der Waals surface area contributed by atoms with Gasteiger partial charge in [-0.1, -0.05) is 6.07 Å². The summed E-state index contributed by atoms with van der Waals surface area (Å²) < 4.78 is 0. The van der Waals surface area contributed by atoms with Gasteiger partial charge in [0.15, 0.2) is 0 Å². The molecule has 130 valence electrons. The van der Waals surface area contributed by atoms with E-state index in [4.69, 9.17) is 0 Å². The number of aromatic amines is 1. The number of nitrogens with zero attached hydrogens (tertiary/aromatic N) is 2. The zero-order chi connectivity index (χ0) is 17.4. The zero-order valence-electron chi connectivity index (χ0n) is 14.6. The van der Waals surface area contributed by atoms with Crippen LogP contribution in [0.4, 0.5) is 5.95 Å². The minimum absolute atomic E-state index is 0.0340. The maximum absolute atomic E-state index is 12.3. The number of piperidine rings is 1. The summed E-state index contributed by atoms with van der Waals surface area (Å²) in [6.45, 7) is 8.78. The molecule has 2 aromatic rings. The normalized spacial score (nSPS) is 20.0. The Labute approximate surface area is 146 Å². The summed E-state index contributed by atoms with van der Waals surface area (Å²) in [7, 11) is 0. The van der Waals surface area contributed by atoms with Crippen LogP contribution in [-0.4, -0.2) is 32.3 Å². The second-order valence-corrected chi connectivity index (χ2v) is 8.88. The molecule has 0 saturated carbocycles. The summed E-state index contributed by atoms with van der Waals surface area (Å²) in [5.74, 6) is 0.452. The maximum atomic E-state index is 12.3. The van der Waals surface area contributed by atoms with Gasteiger partial charge in [-0.05, 0) is 52.0 Å². The van der Waals surface area contributed by atoms with Crippen molar-refractivity contribution < 1.29 is 0 Å². The van der Waals surface area contributed by atoms with Crippen molar-refractivity contribution in [3.8, 4) is 0 Å². The Morgan fingerprint density at radius 3 is 2.54 bits per heavy atom. The number of hydrogen-bond acceptors (Lipinski definition) is 6. The number of anilines is 1. The quantitative estimate of drug-likeness (QED) is 0.792.